The summed E-state index contributed by atoms with van der Waals surface area (Å²) in [5.41, 5.74) is 7.79. The largest absolute Gasteiger partial charge is 2.00 e. The number of pyridine rings is 2. The molecule has 0 aliphatic carbocycles. The third-order valence-corrected chi connectivity index (χ3v) is 9.79. The summed E-state index contributed by atoms with van der Waals surface area (Å²) < 4.78 is 46.3. The number of fused-ring (bicyclic) bond motifs is 2. The predicted octanol–water partition coefficient (Wildman–Crippen LogP) is 4.68. The van der Waals surface area contributed by atoms with Gasteiger partial charge in [0.1, 0.15) is 23.0 Å². The Hall–Kier alpha value is -4.05. The van der Waals surface area contributed by atoms with Gasteiger partial charge in [0.2, 0.25) is 0 Å². The van der Waals surface area contributed by atoms with Gasteiger partial charge in [0.15, 0.2) is 0 Å². The summed E-state index contributed by atoms with van der Waals surface area (Å²) in [6, 6.07) is 12.7. The predicted molar refractivity (Wildman–Crippen MR) is 190 cm³/mol. The van der Waals surface area contributed by atoms with Gasteiger partial charge in [0.25, 0.3) is 0 Å². The van der Waals surface area contributed by atoms with Gasteiger partial charge in [-0.05, 0) is 85.7 Å². The van der Waals surface area contributed by atoms with Crippen molar-refractivity contribution in [3.05, 3.63) is 82.4 Å². The molecule has 0 saturated carbocycles. The van der Waals surface area contributed by atoms with Crippen molar-refractivity contribution in [2.24, 2.45) is 0 Å². The van der Waals surface area contributed by atoms with Crippen molar-refractivity contribution in [1.29, 1.82) is 0 Å². The van der Waals surface area contributed by atoms with E-state index in [1.807, 2.05) is 45.9 Å². The number of hydrogen-bond donors (Lipinski definition) is 0. The van der Waals surface area contributed by atoms with Gasteiger partial charge >= 0.3 is 23.1 Å². The molecular formula is C34H36MgN6O6S2. The van der Waals surface area contributed by atoms with Crippen LogP contribution in [0.1, 0.15) is 33.8 Å². The summed E-state index contributed by atoms with van der Waals surface area (Å²) in [5.74, 6) is 3.43. The fourth-order valence-corrected chi connectivity index (χ4v) is 7.20. The minimum Gasteiger partial charge on any atom is -0.497 e. The Bertz CT molecular complexity index is 2130. The standard InChI is InChI=1S/2C17H18N3O3S.Mg/c1-10-8-18-15(11(2)16(10)23-4)9-24(21)17-19-13-6-5-12(22-3)7-14(13)20-17;1-10-7-12(18-11(2)16(10)23-4)9-24(21)17-19-14-6-5-13(22-3)8-15(14)20-17;/h2*5-8H,9H2,1-4H3;/q2*-1;+2. The Balaban J connectivity index is 0.000000216. The van der Waals surface area contributed by atoms with Gasteiger partial charge in [-0.1, -0.05) is 12.1 Å². The normalized spacial score (nSPS) is 12.1. The van der Waals surface area contributed by atoms with E-state index in [1.54, 1.807) is 58.9 Å². The molecule has 49 heavy (non-hydrogen) atoms. The second kappa shape index (κ2) is 16.6. The molecule has 6 aromatic rings. The van der Waals surface area contributed by atoms with Crippen LogP contribution in [-0.2, 0) is 33.1 Å². The topological polar surface area (TPSA) is 151 Å². The van der Waals surface area contributed by atoms with E-state index in [2.05, 4.69) is 29.9 Å². The first-order chi connectivity index (χ1) is 23.0. The van der Waals surface area contributed by atoms with Gasteiger partial charge in [-0.25, -0.2) is 0 Å². The number of imidazole rings is 2. The average Bonchev–Trinajstić information content (AvgIpc) is 3.70. The van der Waals surface area contributed by atoms with Crippen LogP contribution in [0.3, 0.4) is 0 Å². The van der Waals surface area contributed by atoms with Crippen LogP contribution in [0, 0.1) is 27.7 Å². The number of rotatable bonds is 10. The van der Waals surface area contributed by atoms with E-state index in [0.29, 0.717) is 43.9 Å². The molecule has 0 bridgehead atoms. The molecule has 2 unspecified atom stereocenters. The molecule has 12 nitrogen and oxygen atoms in total. The zero-order valence-electron chi connectivity index (χ0n) is 28.7. The first kappa shape index (κ1) is 37.8. The quantitative estimate of drug-likeness (QED) is 0.182. The molecule has 0 radical (unpaired) electrons. The van der Waals surface area contributed by atoms with Gasteiger partial charge in [-0.15, -0.1) is 0 Å². The molecule has 0 aliphatic heterocycles. The molecule has 4 heterocycles. The summed E-state index contributed by atoms with van der Waals surface area (Å²) in [6.07, 6.45) is 1.73. The molecule has 0 fully saturated rings. The van der Waals surface area contributed by atoms with Crippen LogP contribution >= 0.6 is 0 Å². The van der Waals surface area contributed by atoms with Crippen LogP contribution in [0.5, 0.6) is 23.0 Å². The molecule has 6 rings (SSSR count). The molecular weight excluding hydrogens is 677 g/mol. The molecule has 252 valence electrons. The summed E-state index contributed by atoms with van der Waals surface area (Å²) >= 11 is 0. The molecule has 0 saturated heterocycles. The van der Waals surface area contributed by atoms with E-state index in [0.717, 1.165) is 45.3 Å². The van der Waals surface area contributed by atoms with Gasteiger partial charge < -0.3 is 38.9 Å². The minimum absolute atomic E-state index is 0. The van der Waals surface area contributed by atoms with E-state index in [-0.39, 0.29) is 34.6 Å². The number of benzene rings is 2. The zero-order chi connectivity index (χ0) is 34.5. The van der Waals surface area contributed by atoms with Crippen molar-refractivity contribution >= 4 is 66.7 Å². The van der Waals surface area contributed by atoms with Gasteiger partial charge in [-0.3, -0.25) is 18.4 Å². The van der Waals surface area contributed by atoms with Crippen LogP contribution in [-0.4, -0.2) is 79.8 Å². The van der Waals surface area contributed by atoms with E-state index >= 15 is 0 Å². The van der Waals surface area contributed by atoms with Crippen molar-refractivity contribution in [2.45, 2.75) is 49.5 Å². The van der Waals surface area contributed by atoms with E-state index in [9.17, 15) is 8.42 Å². The molecule has 0 N–H and O–H groups in total. The van der Waals surface area contributed by atoms with Crippen molar-refractivity contribution in [3.8, 4) is 23.0 Å². The Morgan fingerprint density at radius 3 is 1.67 bits per heavy atom. The Morgan fingerprint density at radius 2 is 1.18 bits per heavy atom. The zero-order valence-corrected chi connectivity index (χ0v) is 31.7. The number of methoxy groups -OCH3 is 4. The maximum atomic E-state index is 12.6. The second-order valence-electron chi connectivity index (χ2n) is 10.8. The Labute approximate surface area is 305 Å². The van der Waals surface area contributed by atoms with Gasteiger partial charge in [-0.2, -0.15) is 0 Å². The van der Waals surface area contributed by atoms with Crippen LogP contribution in [0.2, 0.25) is 0 Å². The molecule has 4 aromatic heterocycles. The SMILES string of the molecule is COc1ccc2[n-]c(S(=O)Cc3cc(C)c(OC)c(C)n3)nc2c1.COc1ccc2[n-]c(S(=O)Cc3ncc(C)c(OC)c3C)nc2c1.[Mg+2]. The van der Waals surface area contributed by atoms with Crippen LogP contribution in [0.4, 0.5) is 0 Å². The van der Waals surface area contributed by atoms with Crippen LogP contribution in [0.15, 0.2) is 59.0 Å². The van der Waals surface area contributed by atoms with Gasteiger partial charge in [0.05, 0.1) is 78.6 Å². The van der Waals surface area contributed by atoms with Crippen molar-refractivity contribution < 1.29 is 27.4 Å². The van der Waals surface area contributed by atoms with E-state index in [4.69, 9.17) is 18.9 Å². The number of aromatic nitrogens is 6. The monoisotopic (exact) mass is 712 g/mol. The van der Waals surface area contributed by atoms with Crippen molar-refractivity contribution in [2.75, 3.05) is 28.4 Å². The van der Waals surface area contributed by atoms with Gasteiger partial charge in [0, 0.05) is 27.6 Å². The Kier molecular flexibility index (Phi) is 12.8. The molecule has 15 heteroatoms. The number of hydrogen-bond acceptors (Lipinski definition) is 10. The molecule has 0 amide bonds. The Morgan fingerprint density at radius 1 is 0.653 bits per heavy atom. The minimum atomic E-state index is -1.38. The van der Waals surface area contributed by atoms with Crippen molar-refractivity contribution in [1.82, 2.24) is 29.9 Å². The van der Waals surface area contributed by atoms with E-state index in [1.165, 1.54) is 0 Å². The number of nitrogens with zero attached hydrogens (tertiary/aromatic N) is 6. The fourth-order valence-electron chi connectivity index (χ4n) is 5.18. The number of aryl methyl sites for hydroxylation is 3. The average molecular weight is 713 g/mol. The fraction of sp³-hybridized carbons (Fsp3) is 0.294. The van der Waals surface area contributed by atoms with Crippen LogP contribution in [0.25, 0.3) is 22.1 Å². The number of ether oxygens (including phenoxy) is 4. The van der Waals surface area contributed by atoms with Crippen LogP contribution < -0.4 is 28.9 Å². The molecule has 0 spiro atoms. The first-order valence-electron chi connectivity index (χ1n) is 14.8. The summed E-state index contributed by atoms with van der Waals surface area (Å²) in [7, 11) is 3.68. The maximum Gasteiger partial charge on any atom is 2.00 e. The molecule has 2 atom stereocenters. The van der Waals surface area contributed by atoms with E-state index < -0.39 is 21.6 Å². The first-order valence-corrected chi connectivity index (χ1v) is 17.4. The second-order valence-corrected chi connectivity index (χ2v) is 13.5. The smallest absolute Gasteiger partial charge is 0.497 e. The molecule has 2 aromatic carbocycles. The third kappa shape index (κ3) is 8.58. The van der Waals surface area contributed by atoms with Crippen molar-refractivity contribution in [3.63, 3.8) is 0 Å². The third-order valence-electron chi connectivity index (χ3n) is 7.52. The maximum absolute atomic E-state index is 12.6. The summed E-state index contributed by atoms with van der Waals surface area (Å²) in [5, 5.41) is 0.616. The summed E-state index contributed by atoms with van der Waals surface area (Å²) in [4.78, 5) is 26.2. The summed E-state index contributed by atoms with van der Waals surface area (Å²) in [6.45, 7) is 7.66. The molecule has 0 aliphatic rings.